The Morgan fingerprint density at radius 2 is 2.00 bits per heavy atom. The van der Waals surface area contributed by atoms with Crippen LogP contribution in [0.3, 0.4) is 0 Å². The number of benzene rings is 1. The highest BCUT2D eigenvalue weighted by atomic mass is 16.5. The van der Waals surface area contributed by atoms with Crippen LogP contribution in [-0.4, -0.2) is 42.4 Å². The van der Waals surface area contributed by atoms with Crippen molar-refractivity contribution in [2.24, 2.45) is 5.73 Å². The maximum atomic E-state index is 7.47. The van der Waals surface area contributed by atoms with E-state index in [0.717, 1.165) is 49.7 Å². The van der Waals surface area contributed by atoms with Gasteiger partial charge in [0, 0.05) is 67.5 Å². The van der Waals surface area contributed by atoms with E-state index in [1.807, 2.05) is 18.3 Å². The summed E-state index contributed by atoms with van der Waals surface area (Å²) >= 11 is 0. The first-order chi connectivity index (χ1) is 13.3. The van der Waals surface area contributed by atoms with Crippen molar-refractivity contribution in [3.05, 3.63) is 71.8 Å². The van der Waals surface area contributed by atoms with Crippen molar-refractivity contribution in [3.63, 3.8) is 0 Å². The summed E-state index contributed by atoms with van der Waals surface area (Å²) in [5.74, 6) is 0. The van der Waals surface area contributed by atoms with Crippen molar-refractivity contribution >= 4 is 23.6 Å². The maximum Gasteiger partial charge on any atom is 0.0594 e. The van der Waals surface area contributed by atoms with E-state index in [-0.39, 0.29) is 0 Å². The Hall–Kier alpha value is -2.96. The second-order valence-electron chi connectivity index (χ2n) is 6.29. The summed E-state index contributed by atoms with van der Waals surface area (Å²) in [6.45, 7) is 4.58. The van der Waals surface area contributed by atoms with Gasteiger partial charge < -0.3 is 21.2 Å². The zero-order chi connectivity index (χ0) is 18.9. The van der Waals surface area contributed by atoms with Crippen LogP contribution >= 0.6 is 0 Å². The fraction of sp³-hybridized carbons (Fsp3) is 0.238. The lowest BCUT2D eigenvalue weighted by Crippen LogP contribution is -2.35. The third-order valence-electron chi connectivity index (χ3n) is 4.47. The summed E-state index contributed by atoms with van der Waals surface area (Å²) in [5, 5.41) is 10.8. The molecule has 1 fully saturated rings. The van der Waals surface area contributed by atoms with Gasteiger partial charge in [-0.05, 0) is 35.4 Å². The molecule has 1 aromatic heterocycles. The van der Waals surface area contributed by atoms with Gasteiger partial charge in [0.05, 0.1) is 13.2 Å². The van der Waals surface area contributed by atoms with Gasteiger partial charge in [0.1, 0.15) is 0 Å². The average Bonchev–Trinajstić information content (AvgIpc) is 2.72. The lowest BCUT2D eigenvalue weighted by Gasteiger charge is -2.26. The van der Waals surface area contributed by atoms with Crippen molar-refractivity contribution in [2.45, 2.75) is 6.54 Å². The SMILES string of the molecule is N=C/C(=C\N)c1ccncc1/C=C/Nc1ccc(CN2CCOCC2)cc1. The van der Waals surface area contributed by atoms with Gasteiger partial charge in [0.25, 0.3) is 0 Å². The molecular weight excluding hydrogens is 338 g/mol. The number of aromatic nitrogens is 1. The molecule has 1 aromatic carbocycles. The van der Waals surface area contributed by atoms with Crippen molar-refractivity contribution in [3.8, 4) is 0 Å². The predicted octanol–water partition coefficient (Wildman–Crippen LogP) is 2.95. The zero-order valence-corrected chi connectivity index (χ0v) is 15.3. The summed E-state index contributed by atoms with van der Waals surface area (Å²) in [6, 6.07) is 10.3. The molecule has 2 heterocycles. The summed E-state index contributed by atoms with van der Waals surface area (Å²) in [4.78, 5) is 6.56. The van der Waals surface area contributed by atoms with Gasteiger partial charge in [-0.2, -0.15) is 0 Å². The largest absolute Gasteiger partial charge is 0.404 e. The molecule has 0 aliphatic carbocycles. The fourth-order valence-corrected chi connectivity index (χ4v) is 2.97. The van der Waals surface area contributed by atoms with Crippen LogP contribution < -0.4 is 11.1 Å². The van der Waals surface area contributed by atoms with E-state index in [1.165, 1.54) is 18.0 Å². The van der Waals surface area contributed by atoms with Gasteiger partial charge >= 0.3 is 0 Å². The molecule has 6 nitrogen and oxygen atoms in total. The van der Waals surface area contributed by atoms with Gasteiger partial charge in [-0.3, -0.25) is 9.88 Å². The van der Waals surface area contributed by atoms with Gasteiger partial charge in [-0.15, -0.1) is 0 Å². The number of ether oxygens (including phenoxy) is 1. The summed E-state index contributed by atoms with van der Waals surface area (Å²) in [7, 11) is 0. The number of allylic oxidation sites excluding steroid dienone is 1. The quantitative estimate of drug-likeness (QED) is 0.659. The number of morpholine rings is 1. The Kier molecular flexibility index (Phi) is 6.73. The molecule has 1 aliphatic rings. The molecule has 6 heteroatoms. The smallest absolute Gasteiger partial charge is 0.0594 e. The summed E-state index contributed by atoms with van der Waals surface area (Å²) < 4.78 is 5.39. The Morgan fingerprint density at radius 3 is 2.70 bits per heavy atom. The molecule has 0 radical (unpaired) electrons. The molecule has 2 aromatic rings. The highest BCUT2D eigenvalue weighted by Crippen LogP contribution is 2.18. The van der Waals surface area contributed by atoms with Crippen LogP contribution in [0.15, 0.2) is 55.1 Å². The van der Waals surface area contributed by atoms with E-state index in [9.17, 15) is 0 Å². The van der Waals surface area contributed by atoms with Crippen LogP contribution in [0, 0.1) is 5.41 Å². The molecule has 0 spiro atoms. The molecule has 3 rings (SSSR count). The molecule has 0 atom stereocenters. The van der Waals surface area contributed by atoms with E-state index >= 15 is 0 Å². The Labute approximate surface area is 159 Å². The molecule has 0 saturated carbocycles. The van der Waals surface area contributed by atoms with E-state index in [4.69, 9.17) is 15.9 Å². The Morgan fingerprint density at radius 1 is 1.22 bits per heavy atom. The fourth-order valence-electron chi connectivity index (χ4n) is 2.97. The highest BCUT2D eigenvalue weighted by molar-refractivity contribution is 6.09. The average molecular weight is 363 g/mol. The number of nitrogens with zero attached hydrogens (tertiary/aromatic N) is 2. The van der Waals surface area contributed by atoms with Crippen molar-refractivity contribution in [1.82, 2.24) is 9.88 Å². The van der Waals surface area contributed by atoms with Crippen LogP contribution in [0.5, 0.6) is 0 Å². The maximum absolute atomic E-state index is 7.47. The normalized spacial score (nSPS) is 15.8. The first-order valence-electron chi connectivity index (χ1n) is 8.99. The first-order valence-corrected chi connectivity index (χ1v) is 8.99. The van der Waals surface area contributed by atoms with E-state index in [1.54, 1.807) is 12.4 Å². The van der Waals surface area contributed by atoms with Crippen molar-refractivity contribution in [1.29, 1.82) is 5.41 Å². The minimum atomic E-state index is 0.657. The topological polar surface area (TPSA) is 87.3 Å². The third-order valence-corrected chi connectivity index (χ3v) is 4.47. The Bertz CT molecular complexity index is 808. The van der Waals surface area contributed by atoms with Crippen molar-refractivity contribution < 1.29 is 4.74 Å². The number of anilines is 1. The lowest BCUT2D eigenvalue weighted by atomic mass is 10.0. The van der Waals surface area contributed by atoms with E-state index < -0.39 is 0 Å². The minimum Gasteiger partial charge on any atom is -0.404 e. The number of hydrogen-bond donors (Lipinski definition) is 3. The number of nitrogens with two attached hydrogens (primary N) is 1. The zero-order valence-electron chi connectivity index (χ0n) is 15.3. The molecule has 0 amide bonds. The van der Waals surface area contributed by atoms with Crippen LogP contribution in [0.4, 0.5) is 5.69 Å². The molecule has 0 unspecified atom stereocenters. The number of pyridine rings is 1. The third kappa shape index (κ3) is 5.26. The van der Waals surface area contributed by atoms with Crippen LogP contribution in [0.25, 0.3) is 11.6 Å². The second-order valence-corrected chi connectivity index (χ2v) is 6.29. The van der Waals surface area contributed by atoms with Gasteiger partial charge in [0.15, 0.2) is 0 Å². The molecule has 27 heavy (non-hydrogen) atoms. The minimum absolute atomic E-state index is 0.657. The van der Waals surface area contributed by atoms with Gasteiger partial charge in [-0.25, -0.2) is 0 Å². The number of nitrogens with one attached hydrogen (secondary N) is 2. The lowest BCUT2D eigenvalue weighted by molar-refractivity contribution is 0.0342. The number of hydrogen-bond acceptors (Lipinski definition) is 6. The van der Waals surface area contributed by atoms with Crippen molar-refractivity contribution in [2.75, 3.05) is 31.6 Å². The van der Waals surface area contributed by atoms with E-state index in [0.29, 0.717) is 5.57 Å². The molecule has 1 aliphatic heterocycles. The summed E-state index contributed by atoms with van der Waals surface area (Å²) in [5.41, 5.74) is 10.3. The van der Waals surface area contributed by atoms with Crippen LogP contribution in [-0.2, 0) is 11.3 Å². The number of rotatable bonds is 7. The first kappa shape index (κ1) is 18.8. The standard InChI is InChI=1S/C21H25N5O/c22-13-19(14-23)21-6-7-24-15-18(21)5-8-25-20-3-1-17(2-4-20)16-26-9-11-27-12-10-26/h1-8,13-15,22,25H,9-12,16,23H2/b8-5+,19-14+,22-13?. The predicted molar refractivity (Wildman–Crippen MR) is 110 cm³/mol. The van der Waals surface area contributed by atoms with E-state index in [2.05, 4.69) is 39.5 Å². The molecule has 4 N–H and O–H groups in total. The monoisotopic (exact) mass is 363 g/mol. The van der Waals surface area contributed by atoms with Crippen LogP contribution in [0.1, 0.15) is 16.7 Å². The molecule has 1 saturated heterocycles. The van der Waals surface area contributed by atoms with Crippen LogP contribution in [0.2, 0.25) is 0 Å². The second kappa shape index (κ2) is 9.66. The van der Waals surface area contributed by atoms with Gasteiger partial charge in [0.2, 0.25) is 0 Å². The molecule has 0 bridgehead atoms. The Balaban J connectivity index is 1.61. The highest BCUT2D eigenvalue weighted by Gasteiger charge is 2.10. The molecular formula is C21H25N5O. The summed E-state index contributed by atoms with van der Waals surface area (Å²) in [6.07, 6.45) is 9.92. The van der Waals surface area contributed by atoms with Gasteiger partial charge in [-0.1, -0.05) is 12.1 Å². The molecule has 140 valence electrons.